The molecule has 4 nitrogen and oxygen atoms in total. The summed E-state index contributed by atoms with van der Waals surface area (Å²) in [6, 6.07) is 7.31. The molecule has 33 heavy (non-hydrogen) atoms. The number of nitrogens with one attached hydrogen (secondary N) is 1. The van der Waals surface area contributed by atoms with Crippen molar-refractivity contribution in [3.8, 4) is 5.75 Å². The van der Waals surface area contributed by atoms with Crippen LogP contribution in [0.3, 0.4) is 0 Å². The van der Waals surface area contributed by atoms with Gasteiger partial charge < -0.3 is 15.2 Å². The first-order valence-electron chi connectivity index (χ1n) is 12.3. The van der Waals surface area contributed by atoms with Crippen LogP contribution in [0.15, 0.2) is 41.0 Å². The van der Waals surface area contributed by atoms with Gasteiger partial charge in [0.15, 0.2) is 0 Å². The molecule has 1 aromatic carbocycles. The molecule has 1 aromatic rings. The van der Waals surface area contributed by atoms with Crippen molar-refractivity contribution < 1.29 is 9.90 Å². The van der Waals surface area contributed by atoms with Gasteiger partial charge >= 0.3 is 0 Å². The van der Waals surface area contributed by atoms with E-state index in [4.69, 9.17) is 0 Å². The van der Waals surface area contributed by atoms with Gasteiger partial charge in [-0.25, -0.2) is 0 Å². The summed E-state index contributed by atoms with van der Waals surface area (Å²) < 4.78 is 0. The van der Waals surface area contributed by atoms with Gasteiger partial charge in [0.1, 0.15) is 11.5 Å². The van der Waals surface area contributed by atoms with Crippen molar-refractivity contribution in [1.82, 2.24) is 5.32 Å². The number of amidine groups is 1. The molecule has 0 radical (unpaired) electrons. The summed E-state index contributed by atoms with van der Waals surface area (Å²) in [6.07, 6.45) is 7.05. The summed E-state index contributed by atoms with van der Waals surface area (Å²) in [5.74, 6) is 1.55. The Morgan fingerprint density at radius 3 is 1.88 bits per heavy atom. The number of aliphatic imine (C=N–C) groups is 1. The highest BCUT2D eigenvalue weighted by Gasteiger charge is 2.11. The van der Waals surface area contributed by atoms with E-state index in [-0.39, 0.29) is 11.2 Å². The number of ketones is 1. The third-order valence-electron chi connectivity index (χ3n) is 3.78. The first-order valence-corrected chi connectivity index (χ1v) is 12.3. The van der Waals surface area contributed by atoms with Crippen LogP contribution in [-0.2, 0) is 11.2 Å². The zero-order valence-corrected chi connectivity index (χ0v) is 23.4. The van der Waals surface area contributed by atoms with Crippen molar-refractivity contribution in [2.24, 2.45) is 15.8 Å². The second kappa shape index (κ2) is 17.4. The predicted molar refractivity (Wildman–Crippen MR) is 146 cm³/mol. The second-order valence-electron chi connectivity index (χ2n) is 11.3. The molecule has 2 N–H and O–H groups in total. The molecule has 0 aliphatic carbocycles. The molecule has 0 saturated carbocycles. The van der Waals surface area contributed by atoms with E-state index in [0.717, 1.165) is 38.1 Å². The van der Waals surface area contributed by atoms with Gasteiger partial charge in [-0.15, -0.1) is 0 Å². The molecule has 0 aliphatic heterocycles. The molecule has 0 atom stereocenters. The van der Waals surface area contributed by atoms with Crippen LogP contribution in [0.25, 0.3) is 0 Å². The van der Waals surface area contributed by atoms with Crippen LogP contribution in [0.5, 0.6) is 5.75 Å². The maximum atomic E-state index is 10.5. The smallest absolute Gasteiger partial charge is 0.130 e. The Kier molecular flexibility index (Phi) is 17.4. The lowest BCUT2D eigenvalue weighted by atomic mass is 9.91. The standard InChI is InChI=1S/C17H26N2O.C7H14O.C5H12/c1-4-6-16(7-5-2)19-14(3)18-13-12-15-8-10-17(20)11-9-15;1-6(8)5-7(2,3)4;1-5(2,3)4/h6,8-11,20H,4-5,7,12-13H2,1-3H3,(H,18,19);5H2,1-4H3;1-4H3/b16-6+;;. The molecule has 0 spiro atoms. The van der Waals surface area contributed by atoms with Gasteiger partial charge in [0.2, 0.25) is 0 Å². The van der Waals surface area contributed by atoms with Crippen molar-refractivity contribution in [3.05, 3.63) is 41.6 Å². The molecule has 4 heteroatoms. The molecule has 0 saturated heterocycles. The summed E-state index contributed by atoms with van der Waals surface area (Å²) in [5, 5.41) is 12.6. The molecule has 190 valence electrons. The zero-order valence-electron chi connectivity index (χ0n) is 23.4. The Hall–Kier alpha value is -2.10. The molecular weight excluding hydrogens is 408 g/mol. The number of phenols is 1. The third-order valence-corrected chi connectivity index (χ3v) is 3.78. The van der Waals surface area contributed by atoms with Gasteiger partial charge in [-0.1, -0.05) is 86.9 Å². The highest BCUT2D eigenvalue weighted by molar-refractivity contribution is 5.81. The van der Waals surface area contributed by atoms with Crippen LogP contribution in [0.2, 0.25) is 0 Å². The Balaban J connectivity index is 0. The van der Waals surface area contributed by atoms with E-state index in [0.29, 0.717) is 17.6 Å². The topological polar surface area (TPSA) is 61.7 Å². The molecule has 0 aliphatic rings. The Morgan fingerprint density at radius 2 is 1.52 bits per heavy atom. The molecule has 0 aromatic heterocycles. The molecule has 0 amide bonds. The molecule has 0 bridgehead atoms. The van der Waals surface area contributed by atoms with Gasteiger partial charge in [-0.05, 0) is 61.6 Å². The van der Waals surface area contributed by atoms with Gasteiger partial charge in [0, 0.05) is 18.7 Å². The number of aromatic hydroxyl groups is 1. The van der Waals surface area contributed by atoms with Crippen molar-refractivity contribution in [2.45, 2.75) is 108 Å². The lowest BCUT2D eigenvalue weighted by molar-refractivity contribution is -0.118. The summed E-state index contributed by atoms with van der Waals surface area (Å²) in [7, 11) is 0. The quantitative estimate of drug-likeness (QED) is 0.304. The maximum Gasteiger partial charge on any atom is 0.130 e. The van der Waals surface area contributed by atoms with Crippen LogP contribution in [0.1, 0.15) is 107 Å². The minimum Gasteiger partial charge on any atom is -0.508 e. The monoisotopic (exact) mass is 460 g/mol. The number of hydrogen-bond acceptors (Lipinski definition) is 3. The predicted octanol–water partition coefficient (Wildman–Crippen LogP) is 8.10. The van der Waals surface area contributed by atoms with Crippen LogP contribution in [0, 0.1) is 10.8 Å². The van der Waals surface area contributed by atoms with Gasteiger partial charge in [-0.2, -0.15) is 0 Å². The van der Waals surface area contributed by atoms with Gasteiger partial charge in [-0.3, -0.25) is 4.99 Å². The fraction of sp³-hybridized carbons (Fsp3) is 0.655. The van der Waals surface area contributed by atoms with Crippen LogP contribution in [-0.4, -0.2) is 23.3 Å². The average molecular weight is 461 g/mol. The fourth-order valence-corrected chi connectivity index (χ4v) is 2.77. The zero-order chi connectivity index (χ0) is 26.1. The number of allylic oxidation sites excluding steroid dienone is 2. The summed E-state index contributed by atoms with van der Waals surface area (Å²) in [5.41, 5.74) is 3.13. The van der Waals surface area contributed by atoms with E-state index >= 15 is 0 Å². The lowest BCUT2D eigenvalue weighted by Gasteiger charge is -2.14. The molecule has 0 fully saturated rings. The number of nitrogens with zero attached hydrogens (tertiary/aromatic N) is 1. The Labute approximate surface area is 205 Å². The number of benzene rings is 1. The fourth-order valence-electron chi connectivity index (χ4n) is 2.77. The molecular formula is C29H52N2O2. The van der Waals surface area contributed by atoms with Crippen molar-refractivity contribution in [2.75, 3.05) is 6.54 Å². The largest absolute Gasteiger partial charge is 0.508 e. The SMILES string of the molecule is CC(=O)CC(C)(C)C.CC(C)(C)C.CC/C=C(\CCC)NC(C)=NCCc1ccc(O)cc1. The summed E-state index contributed by atoms with van der Waals surface area (Å²) in [6.45, 7) is 23.7. The van der Waals surface area contributed by atoms with E-state index in [1.165, 1.54) is 11.3 Å². The number of carbonyl (C=O) groups is 1. The highest BCUT2D eigenvalue weighted by atomic mass is 16.3. The number of carbonyl (C=O) groups excluding carboxylic acids is 1. The van der Waals surface area contributed by atoms with E-state index in [1.807, 2.05) is 19.1 Å². The van der Waals surface area contributed by atoms with Crippen LogP contribution < -0.4 is 5.32 Å². The normalized spacial score (nSPS) is 12.2. The highest BCUT2D eigenvalue weighted by Crippen LogP contribution is 2.17. The minimum atomic E-state index is 0.172. The van der Waals surface area contributed by atoms with E-state index in [1.54, 1.807) is 19.1 Å². The van der Waals surface area contributed by atoms with Gasteiger partial charge in [0.25, 0.3) is 0 Å². The molecule has 0 heterocycles. The minimum absolute atomic E-state index is 0.172. The second-order valence-corrected chi connectivity index (χ2v) is 11.3. The van der Waals surface area contributed by atoms with E-state index < -0.39 is 0 Å². The molecule has 1 rings (SSSR count). The van der Waals surface area contributed by atoms with Crippen molar-refractivity contribution in [1.29, 1.82) is 0 Å². The summed E-state index contributed by atoms with van der Waals surface area (Å²) >= 11 is 0. The number of hydrogen-bond donors (Lipinski definition) is 2. The number of phenolic OH excluding ortho intramolecular Hbond substituents is 1. The third kappa shape index (κ3) is 27.9. The molecule has 0 unspecified atom stereocenters. The number of rotatable bonds is 8. The van der Waals surface area contributed by atoms with Crippen molar-refractivity contribution >= 4 is 11.6 Å². The van der Waals surface area contributed by atoms with Crippen molar-refractivity contribution in [3.63, 3.8) is 0 Å². The maximum absolute atomic E-state index is 10.5. The first-order chi connectivity index (χ1) is 15.1. The lowest BCUT2D eigenvalue weighted by Crippen LogP contribution is -2.20. The first kappa shape index (κ1) is 33.1. The Morgan fingerprint density at radius 1 is 1.00 bits per heavy atom. The average Bonchev–Trinajstić information content (AvgIpc) is 2.61. The summed E-state index contributed by atoms with van der Waals surface area (Å²) in [4.78, 5) is 15.0. The van der Waals surface area contributed by atoms with Crippen LogP contribution in [0.4, 0.5) is 0 Å². The van der Waals surface area contributed by atoms with E-state index in [9.17, 15) is 9.90 Å². The van der Waals surface area contributed by atoms with Gasteiger partial charge in [0.05, 0.1) is 5.84 Å². The van der Waals surface area contributed by atoms with Crippen LogP contribution >= 0.6 is 0 Å². The Bertz CT molecular complexity index is 697. The van der Waals surface area contributed by atoms with E-state index in [2.05, 4.69) is 78.7 Å². The number of Topliss-reactive ketones (excluding diaryl/α,β-unsaturated/α-hetero) is 1.